The van der Waals surface area contributed by atoms with Crippen molar-refractivity contribution in [3.05, 3.63) is 41.7 Å². The van der Waals surface area contributed by atoms with Gasteiger partial charge >= 0.3 is 0 Å². The van der Waals surface area contributed by atoms with Gasteiger partial charge < -0.3 is 18.9 Å². The third kappa shape index (κ3) is 8.13. The molecule has 1 heterocycles. The molecule has 190 valence electrons. The number of hydrogen-bond acceptors (Lipinski definition) is 6. The summed E-state index contributed by atoms with van der Waals surface area (Å²) in [7, 11) is -0.584. The van der Waals surface area contributed by atoms with Crippen LogP contribution in [0.25, 0.3) is 0 Å². The van der Waals surface area contributed by atoms with E-state index in [9.17, 15) is 13.2 Å². The van der Waals surface area contributed by atoms with Gasteiger partial charge in [-0.3, -0.25) is 4.79 Å². The van der Waals surface area contributed by atoms with Gasteiger partial charge in [-0.25, -0.2) is 13.4 Å². The van der Waals surface area contributed by atoms with E-state index in [1.165, 1.54) is 0 Å². The highest BCUT2D eigenvalue weighted by Gasteiger charge is 2.27. The molecule has 0 spiro atoms. The molecule has 0 aliphatic carbocycles. The van der Waals surface area contributed by atoms with E-state index in [-0.39, 0.29) is 34.7 Å². The zero-order valence-corrected chi connectivity index (χ0v) is 22.3. The Bertz CT molecular complexity index is 1050. The van der Waals surface area contributed by atoms with Gasteiger partial charge in [-0.1, -0.05) is 46.8 Å². The number of benzene rings is 1. The fourth-order valence-corrected chi connectivity index (χ4v) is 5.12. The number of hydrogen-bond donors (Lipinski definition) is 0. The summed E-state index contributed by atoms with van der Waals surface area (Å²) in [6, 6.07) is 7.02. The molecule has 0 saturated carbocycles. The predicted octanol–water partition coefficient (Wildman–Crippen LogP) is 3.93. The average molecular weight is 494 g/mol. The summed E-state index contributed by atoms with van der Waals surface area (Å²) >= 11 is 0. The lowest BCUT2D eigenvalue weighted by molar-refractivity contribution is -0.134. The summed E-state index contributed by atoms with van der Waals surface area (Å²) in [5, 5.41) is 0.0222. The van der Waals surface area contributed by atoms with Crippen molar-refractivity contribution in [1.82, 2.24) is 14.5 Å². The topological polar surface area (TPSA) is 90.7 Å². The molecule has 0 aliphatic rings. The lowest BCUT2D eigenvalue weighted by Gasteiger charge is -2.27. The predicted molar refractivity (Wildman–Crippen MR) is 132 cm³/mol. The summed E-state index contributed by atoms with van der Waals surface area (Å²) in [5.41, 5.74) is 1.16. The summed E-state index contributed by atoms with van der Waals surface area (Å²) in [6.45, 7) is 11.7. The fourth-order valence-electron chi connectivity index (χ4n) is 3.63. The maximum atomic E-state index is 13.4. The van der Waals surface area contributed by atoms with Crippen LogP contribution >= 0.6 is 0 Å². The second-order valence-electron chi connectivity index (χ2n) is 10.2. The number of carbonyl (C=O) groups excluding carboxylic acids is 1. The Morgan fingerprint density at radius 2 is 1.91 bits per heavy atom. The van der Waals surface area contributed by atoms with Crippen LogP contribution in [0.1, 0.15) is 52.3 Å². The zero-order chi connectivity index (χ0) is 25.5. The molecule has 0 bridgehead atoms. The smallest absolute Gasteiger partial charge is 0.228 e. The lowest BCUT2D eigenvalue weighted by atomic mass is 9.91. The van der Waals surface area contributed by atoms with E-state index in [0.29, 0.717) is 43.1 Å². The van der Waals surface area contributed by atoms with Crippen LogP contribution in [0.2, 0.25) is 0 Å². The van der Waals surface area contributed by atoms with Crippen LogP contribution in [0.15, 0.2) is 35.6 Å². The van der Waals surface area contributed by atoms with E-state index in [0.717, 1.165) is 0 Å². The largest absolute Gasteiger partial charge is 0.497 e. The fraction of sp³-hybridized carbons (Fsp3) is 0.600. The first kappa shape index (κ1) is 27.9. The summed E-state index contributed by atoms with van der Waals surface area (Å²) in [4.78, 5) is 19.1. The Morgan fingerprint density at radius 3 is 2.50 bits per heavy atom. The quantitative estimate of drug-likeness (QED) is 0.445. The molecule has 0 unspecified atom stereocenters. The van der Waals surface area contributed by atoms with Gasteiger partial charge in [0, 0.05) is 26.6 Å². The monoisotopic (exact) mass is 493 g/mol. The minimum atomic E-state index is -3.73. The number of imidazole rings is 1. The SMILES string of the molecule is COCCN(Cc1cnc(S(=O)(=O)Cc2cccc(OC)c2)n1CC(C)C)C(=O)CC(C)(C)C. The molecule has 1 aromatic carbocycles. The highest BCUT2D eigenvalue weighted by atomic mass is 32.2. The van der Waals surface area contributed by atoms with Crippen molar-refractivity contribution in [2.45, 2.75) is 65.0 Å². The highest BCUT2D eigenvalue weighted by molar-refractivity contribution is 7.90. The molecule has 0 aliphatic heterocycles. The number of aromatic nitrogens is 2. The van der Waals surface area contributed by atoms with Gasteiger partial charge in [0.05, 0.1) is 37.9 Å². The van der Waals surface area contributed by atoms with E-state index in [4.69, 9.17) is 9.47 Å². The molecule has 0 saturated heterocycles. The zero-order valence-electron chi connectivity index (χ0n) is 21.5. The Balaban J connectivity index is 2.39. The molecule has 8 nitrogen and oxygen atoms in total. The number of carbonyl (C=O) groups is 1. The molecular weight excluding hydrogens is 454 g/mol. The molecule has 1 amide bonds. The van der Waals surface area contributed by atoms with Crippen LogP contribution in [0.5, 0.6) is 5.75 Å². The summed E-state index contributed by atoms with van der Waals surface area (Å²) in [6.07, 6.45) is 1.96. The van der Waals surface area contributed by atoms with Crippen molar-refractivity contribution in [3.8, 4) is 5.75 Å². The normalized spacial score (nSPS) is 12.2. The van der Waals surface area contributed by atoms with Crippen molar-refractivity contribution in [2.24, 2.45) is 11.3 Å². The molecule has 2 rings (SSSR count). The van der Waals surface area contributed by atoms with E-state index in [2.05, 4.69) is 4.98 Å². The standard InChI is InChI=1S/C25H39N3O5S/c1-19(2)16-28-21(17-27(11-12-32-6)23(29)14-25(3,4)5)15-26-24(28)34(30,31)18-20-9-8-10-22(13-20)33-7/h8-10,13,15,19H,11-12,14,16-18H2,1-7H3. The van der Waals surface area contributed by atoms with Crippen LogP contribution in [0.3, 0.4) is 0 Å². The first-order chi connectivity index (χ1) is 15.9. The molecule has 0 N–H and O–H groups in total. The minimum absolute atomic E-state index is 0.00244. The first-order valence-electron chi connectivity index (χ1n) is 11.5. The van der Waals surface area contributed by atoms with E-state index in [1.807, 2.05) is 34.6 Å². The van der Waals surface area contributed by atoms with E-state index >= 15 is 0 Å². The number of amides is 1. The maximum absolute atomic E-state index is 13.4. The van der Waals surface area contributed by atoms with Crippen molar-refractivity contribution >= 4 is 15.7 Å². The first-order valence-corrected chi connectivity index (χ1v) is 13.2. The van der Waals surface area contributed by atoms with Crippen LogP contribution in [0, 0.1) is 11.3 Å². The minimum Gasteiger partial charge on any atom is -0.497 e. The maximum Gasteiger partial charge on any atom is 0.228 e. The van der Waals surface area contributed by atoms with E-state index < -0.39 is 9.84 Å². The van der Waals surface area contributed by atoms with E-state index in [1.54, 1.807) is 54.1 Å². The Labute approximate surface area is 204 Å². The van der Waals surface area contributed by atoms with Gasteiger partial charge in [-0.2, -0.15) is 0 Å². The number of nitrogens with zero attached hydrogens (tertiary/aromatic N) is 3. The highest BCUT2D eigenvalue weighted by Crippen LogP contribution is 2.24. The van der Waals surface area contributed by atoms with Crippen LogP contribution < -0.4 is 4.74 Å². The van der Waals surface area contributed by atoms with Crippen LogP contribution in [-0.4, -0.2) is 56.1 Å². The molecule has 9 heteroatoms. The molecule has 34 heavy (non-hydrogen) atoms. The molecular formula is C25H39N3O5S. The van der Waals surface area contributed by atoms with Crippen LogP contribution in [-0.2, 0) is 38.2 Å². The number of ether oxygens (including phenoxy) is 2. The van der Waals surface area contributed by atoms with Gasteiger partial charge in [0.2, 0.25) is 20.9 Å². The van der Waals surface area contributed by atoms with Crippen molar-refractivity contribution in [1.29, 1.82) is 0 Å². The van der Waals surface area contributed by atoms with Gasteiger partial charge in [0.15, 0.2) is 0 Å². The molecule has 0 fully saturated rings. The molecule has 0 radical (unpaired) electrons. The lowest BCUT2D eigenvalue weighted by Crippen LogP contribution is -2.36. The number of sulfone groups is 1. The van der Waals surface area contributed by atoms with Gasteiger partial charge in [0.25, 0.3) is 0 Å². The Morgan fingerprint density at radius 1 is 1.21 bits per heavy atom. The second kappa shape index (κ2) is 11.8. The number of methoxy groups -OCH3 is 2. The van der Waals surface area contributed by atoms with Gasteiger partial charge in [-0.15, -0.1) is 0 Å². The van der Waals surface area contributed by atoms with Crippen molar-refractivity contribution in [3.63, 3.8) is 0 Å². The van der Waals surface area contributed by atoms with Crippen molar-refractivity contribution < 1.29 is 22.7 Å². The third-order valence-electron chi connectivity index (χ3n) is 5.17. The van der Waals surface area contributed by atoms with Crippen molar-refractivity contribution in [2.75, 3.05) is 27.4 Å². The van der Waals surface area contributed by atoms with Gasteiger partial charge in [-0.05, 0) is 29.0 Å². The Hall–Kier alpha value is -2.39. The summed E-state index contributed by atoms with van der Waals surface area (Å²) in [5.74, 6) is 0.610. The van der Waals surface area contributed by atoms with Crippen LogP contribution in [0.4, 0.5) is 0 Å². The molecule has 0 atom stereocenters. The third-order valence-corrected chi connectivity index (χ3v) is 6.77. The summed E-state index contributed by atoms with van der Waals surface area (Å²) < 4.78 is 38.9. The number of rotatable bonds is 12. The molecule has 2 aromatic rings. The Kier molecular flexibility index (Phi) is 9.70. The van der Waals surface area contributed by atoms with Gasteiger partial charge in [0.1, 0.15) is 5.75 Å². The molecule has 1 aromatic heterocycles. The average Bonchev–Trinajstić information content (AvgIpc) is 3.12. The second-order valence-corrected chi connectivity index (χ2v) is 12.1.